The zero-order valence-electron chi connectivity index (χ0n) is 12.3. The maximum absolute atomic E-state index is 12.4. The molecular weight excluding hydrogens is 252 g/mol. The van der Waals surface area contributed by atoms with Crippen LogP contribution in [0.5, 0.6) is 0 Å². The second-order valence-electron chi connectivity index (χ2n) is 5.42. The molecule has 0 aliphatic heterocycles. The van der Waals surface area contributed by atoms with Crippen LogP contribution in [0, 0.1) is 5.92 Å². The van der Waals surface area contributed by atoms with Gasteiger partial charge in [0.25, 0.3) is 0 Å². The quantitative estimate of drug-likeness (QED) is 0.778. The lowest BCUT2D eigenvalue weighted by atomic mass is 10.1. The van der Waals surface area contributed by atoms with Gasteiger partial charge in [-0.05, 0) is 31.2 Å². The van der Waals surface area contributed by atoms with E-state index in [2.05, 4.69) is 24.4 Å². The van der Waals surface area contributed by atoms with Crippen LogP contribution in [0.1, 0.15) is 25.3 Å². The minimum atomic E-state index is 0.00491. The molecule has 1 aromatic carbocycles. The number of benzene rings is 1. The van der Waals surface area contributed by atoms with Crippen molar-refractivity contribution >= 4 is 6.03 Å². The Kier molecular flexibility index (Phi) is 5.41. The van der Waals surface area contributed by atoms with Crippen LogP contribution in [0.2, 0.25) is 0 Å². The summed E-state index contributed by atoms with van der Waals surface area (Å²) in [5.74, 6) is 0.659. The molecule has 0 spiro atoms. The lowest BCUT2D eigenvalue weighted by Crippen LogP contribution is -2.46. The van der Waals surface area contributed by atoms with Crippen molar-refractivity contribution in [2.45, 2.75) is 32.4 Å². The highest BCUT2D eigenvalue weighted by Crippen LogP contribution is 2.35. The van der Waals surface area contributed by atoms with Gasteiger partial charge in [0.1, 0.15) is 0 Å². The van der Waals surface area contributed by atoms with E-state index >= 15 is 0 Å². The second kappa shape index (κ2) is 7.29. The number of amides is 2. The van der Waals surface area contributed by atoms with E-state index in [0.717, 1.165) is 0 Å². The first-order valence-corrected chi connectivity index (χ1v) is 7.29. The number of ether oxygens (including phenoxy) is 1. The number of rotatable bonds is 7. The minimum absolute atomic E-state index is 0.00491. The van der Waals surface area contributed by atoms with Crippen LogP contribution in [-0.2, 0) is 11.3 Å². The molecule has 4 heteroatoms. The molecule has 4 nitrogen and oxygen atoms in total. The Labute approximate surface area is 121 Å². The molecule has 0 heterocycles. The summed E-state index contributed by atoms with van der Waals surface area (Å²) >= 11 is 0. The number of nitrogens with zero attached hydrogens (tertiary/aromatic N) is 1. The monoisotopic (exact) mass is 276 g/mol. The maximum atomic E-state index is 12.4. The molecule has 110 valence electrons. The van der Waals surface area contributed by atoms with Crippen LogP contribution in [0.4, 0.5) is 4.79 Å². The first-order chi connectivity index (χ1) is 9.72. The normalized spacial score (nSPS) is 15.7. The van der Waals surface area contributed by atoms with Crippen LogP contribution in [0.25, 0.3) is 0 Å². The summed E-state index contributed by atoms with van der Waals surface area (Å²) < 4.78 is 4.98. The molecule has 1 N–H and O–H groups in total. The third-order valence-corrected chi connectivity index (χ3v) is 3.83. The third kappa shape index (κ3) is 4.23. The molecule has 1 saturated carbocycles. The Hall–Kier alpha value is -1.55. The number of nitrogens with one attached hydrogen (secondary N) is 1. The van der Waals surface area contributed by atoms with Gasteiger partial charge < -0.3 is 15.0 Å². The molecule has 0 radical (unpaired) electrons. The fourth-order valence-corrected chi connectivity index (χ4v) is 2.38. The van der Waals surface area contributed by atoms with Gasteiger partial charge in [-0.3, -0.25) is 0 Å². The molecule has 2 amide bonds. The molecule has 0 aromatic heterocycles. The van der Waals surface area contributed by atoms with Gasteiger partial charge >= 0.3 is 6.03 Å². The summed E-state index contributed by atoms with van der Waals surface area (Å²) in [5, 5.41) is 2.93. The number of carbonyl (C=O) groups is 1. The number of carbonyl (C=O) groups excluding carboxylic acids is 1. The molecule has 1 fully saturated rings. The molecule has 1 atom stereocenters. The summed E-state index contributed by atoms with van der Waals surface area (Å²) in [5.41, 5.74) is 1.17. The van der Waals surface area contributed by atoms with E-state index in [-0.39, 0.29) is 12.1 Å². The van der Waals surface area contributed by atoms with Gasteiger partial charge in [-0.15, -0.1) is 0 Å². The lowest BCUT2D eigenvalue weighted by Gasteiger charge is -2.29. The van der Waals surface area contributed by atoms with Crippen LogP contribution >= 0.6 is 0 Å². The SMILES string of the molecule is COCCNC(=O)N(Cc1ccccc1)[C@H](C)C1CC1. The van der Waals surface area contributed by atoms with E-state index < -0.39 is 0 Å². The van der Waals surface area contributed by atoms with Crippen molar-refractivity contribution in [3.05, 3.63) is 35.9 Å². The average molecular weight is 276 g/mol. The van der Waals surface area contributed by atoms with E-state index in [1.54, 1.807) is 7.11 Å². The first-order valence-electron chi connectivity index (χ1n) is 7.29. The zero-order valence-corrected chi connectivity index (χ0v) is 12.3. The summed E-state index contributed by atoms with van der Waals surface area (Å²) in [6.45, 7) is 3.91. The van der Waals surface area contributed by atoms with Crippen molar-refractivity contribution in [2.75, 3.05) is 20.3 Å². The van der Waals surface area contributed by atoms with E-state index in [9.17, 15) is 4.79 Å². The summed E-state index contributed by atoms with van der Waals surface area (Å²) in [4.78, 5) is 14.3. The Bertz CT molecular complexity index is 418. The highest BCUT2D eigenvalue weighted by Gasteiger charge is 2.34. The van der Waals surface area contributed by atoms with Gasteiger partial charge in [0.05, 0.1) is 6.61 Å². The smallest absolute Gasteiger partial charge is 0.318 e. The van der Waals surface area contributed by atoms with Crippen LogP contribution in [-0.4, -0.2) is 37.2 Å². The van der Waals surface area contributed by atoms with Gasteiger partial charge in [0.15, 0.2) is 0 Å². The van der Waals surface area contributed by atoms with Gasteiger partial charge in [0, 0.05) is 26.2 Å². The van der Waals surface area contributed by atoms with Crippen molar-refractivity contribution in [3.63, 3.8) is 0 Å². The summed E-state index contributed by atoms with van der Waals surface area (Å²) in [7, 11) is 1.64. The Balaban J connectivity index is 1.98. The molecule has 0 saturated heterocycles. The molecule has 0 unspecified atom stereocenters. The van der Waals surface area contributed by atoms with Gasteiger partial charge in [-0.1, -0.05) is 30.3 Å². The van der Waals surface area contributed by atoms with E-state index in [1.807, 2.05) is 23.1 Å². The molecule has 0 bridgehead atoms. The highest BCUT2D eigenvalue weighted by molar-refractivity contribution is 5.74. The number of hydrogen-bond donors (Lipinski definition) is 1. The zero-order chi connectivity index (χ0) is 14.4. The van der Waals surface area contributed by atoms with E-state index in [1.165, 1.54) is 18.4 Å². The molecule has 1 aliphatic rings. The molecule has 1 aromatic rings. The van der Waals surface area contributed by atoms with Crippen molar-refractivity contribution in [1.29, 1.82) is 0 Å². The maximum Gasteiger partial charge on any atom is 0.318 e. The fraction of sp³-hybridized carbons (Fsp3) is 0.562. The second-order valence-corrected chi connectivity index (χ2v) is 5.42. The van der Waals surface area contributed by atoms with Crippen molar-refractivity contribution in [2.24, 2.45) is 5.92 Å². The number of hydrogen-bond acceptors (Lipinski definition) is 2. The molecular formula is C16H24N2O2. The summed E-state index contributed by atoms with van der Waals surface area (Å²) in [6.07, 6.45) is 2.47. The lowest BCUT2D eigenvalue weighted by molar-refractivity contribution is 0.158. The van der Waals surface area contributed by atoms with Crippen LogP contribution in [0.15, 0.2) is 30.3 Å². The third-order valence-electron chi connectivity index (χ3n) is 3.83. The van der Waals surface area contributed by atoms with Gasteiger partial charge in [-0.25, -0.2) is 4.79 Å². The fourth-order valence-electron chi connectivity index (χ4n) is 2.38. The van der Waals surface area contributed by atoms with Gasteiger partial charge in [-0.2, -0.15) is 0 Å². The first kappa shape index (κ1) is 14.9. The Morgan fingerprint density at radius 1 is 1.40 bits per heavy atom. The predicted molar refractivity (Wildman–Crippen MR) is 79.4 cm³/mol. The topological polar surface area (TPSA) is 41.6 Å². The standard InChI is InChI=1S/C16H24N2O2/c1-13(15-8-9-15)18(16(19)17-10-11-20-2)12-14-6-4-3-5-7-14/h3-7,13,15H,8-12H2,1-2H3,(H,17,19)/t13-/m1/s1. The molecule has 2 rings (SSSR count). The Morgan fingerprint density at radius 2 is 2.10 bits per heavy atom. The van der Waals surface area contributed by atoms with Crippen LogP contribution in [0.3, 0.4) is 0 Å². The van der Waals surface area contributed by atoms with Crippen LogP contribution < -0.4 is 5.32 Å². The van der Waals surface area contributed by atoms with E-state index in [4.69, 9.17) is 4.74 Å². The minimum Gasteiger partial charge on any atom is -0.383 e. The predicted octanol–water partition coefficient (Wildman–Crippen LogP) is 2.64. The molecule has 1 aliphatic carbocycles. The van der Waals surface area contributed by atoms with Crippen molar-refractivity contribution in [3.8, 4) is 0 Å². The Morgan fingerprint density at radius 3 is 2.70 bits per heavy atom. The van der Waals surface area contributed by atoms with E-state index in [0.29, 0.717) is 25.6 Å². The number of urea groups is 1. The largest absolute Gasteiger partial charge is 0.383 e. The van der Waals surface area contributed by atoms with Crippen molar-refractivity contribution in [1.82, 2.24) is 10.2 Å². The number of methoxy groups -OCH3 is 1. The molecule has 20 heavy (non-hydrogen) atoms. The average Bonchev–Trinajstić information content (AvgIpc) is 3.30. The summed E-state index contributed by atoms with van der Waals surface area (Å²) in [6, 6.07) is 10.4. The highest BCUT2D eigenvalue weighted by atomic mass is 16.5. The van der Waals surface area contributed by atoms with Crippen molar-refractivity contribution < 1.29 is 9.53 Å². The van der Waals surface area contributed by atoms with Gasteiger partial charge in [0.2, 0.25) is 0 Å².